The molecule has 2 atom stereocenters. The topological polar surface area (TPSA) is 20.2 Å². The average molecular weight is 300 g/mol. The van der Waals surface area contributed by atoms with Gasteiger partial charge in [0.05, 0.1) is 0 Å². The van der Waals surface area contributed by atoms with Gasteiger partial charge in [-0.2, -0.15) is 0 Å². The molecule has 0 heterocycles. The minimum Gasteiger partial charge on any atom is -0.396 e. The van der Waals surface area contributed by atoms with Gasteiger partial charge in [-0.05, 0) is 23.8 Å². The van der Waals surface area contributed by atoms with E-state index in [4.69, 9.17) is 46.4 Å². The predicted octanol–water partition coefficient (Wildman–Crippen LogP) is 4.05. The van der Waals surface area contributed by atoms with Crippen molar-refractivity contribution in [3.8, 4) is 0 Å². The summed E-state index contributed by atoms with van der Waals surface area (Å²) in [4.78, 5) is 0. The van der Waals surface area contributed by atoms with E-state index in [9.17, 15) is 5.11 Å². The number of rotatable bonds is 2. The quantitative estimate of drug-likeness (QED) is 0.817. The summed E-state index contributed by atoms with van der Waals surface area (Å²) in [5, 5.41) is 10.3. The molecule has 0 radical (unpaired) electrons. The van der Waals surface area contributed by atoms with Crippen LogP contribution in [0.15, 0.2) is 18.2 Å². The monoisotopic (exact) mass is 298 g/mol. The number of halogens is 4. The standard InChI is InChI=1S/C11H10Cl4O/c1-10(9(5-16)11(10,14)15)6-2-7(12)4-8(13)3-6/h2-4,9,16H,5H2,1H3. The second kappa shape index (κ2) is 3.93. The van der Waals surface area contributed by atoms with Gasteiger partial charge in [0, 0.05) is 28.0 Å². The lowest BCUT2D eigenvalue weighted by Crippen LogP contribution is -2.10. The number of hydrogen-bond donors (Lipinski definition) is 1. The first-order valence-electron chi connectivity index (χ1n) is 4.79. The fourth-order valence-electron chi connectivity index (χ4n) is 2.16. The van der Waals surface area contributed by atoms with Crippen LogP contribution >= 0.6 is 46.4 Å². The van der Waals surface area contributed by atoms with Gasteiger partial charge in [0.25, 0.3) is 0 Å². The first-order valence-corrected chi connectivity index (χ1v) is 6.30. The van der Waals surface area contributed by atoms with Crippen molar-refractivity contribution >= 4 is 46.4 Å². The summed E-state index contributed by atoms with van der Waals surface area (Å²) in [6.45, 7) is 1.84. The summed E-state index contributed by atoms with van der Waals surface area (Å²) in [5.41, 5.74) is 0.355. The highest BCUT2D eigenvalue weighted by atomic mass is 35.5. The second-order valence-electron chi connectivity index (χ2n) is 4.22. The van der Waals surface area contributed by atoms with Gasteiger partial charge in [0.2, 0.25) is 0 Å². The third-order valence-electron chi connectivity index (χ3n) is 3.39. The van der Waals surface area contributed by atoms with Crippen LogP contribution in [0.5, 0.6) is 0 Å². The molecule has 2 rings (SSSR count). The molecule has 0 spiro atoms. The Labute approximate surface area is 114 Å². The van der Waals surface area contributed by atoms with Gasteiger partial charge in [-0.3, -0.25) is 0 Å². The Morgan fingerprint density at radius 3 is 2.06 bits per heavy atom. The van der Waals surface area contributed by atoms with Crippen molar-refractivity contribution in [1.82, 2.24) is 0 Å². The van der Waals surface area contributed by atoms with Crippen LogP contribution in [0.3, 0.4) is 0 Å². The zero-order valence-corrected chi connectivity index (χ0v) is 11.5. The number of aliphatic hydroxyl groups excluding tert-OH is 1. The Balaban J connectivity index is 2.46. The molecular formula is C11H10Cl4O. The maximum Gasteiger partial charge on any atom is 0.134 e. The van der Waals surface area contributed by atoms with Gasteiger partial charge < -0.3 is 5.11 Å². The van der Waals surface area contributed by atoms with Crippen molar-refractivity contribution in [2.24, 2.45) is 5.92 Å². The molecule has 88 valence electrons. The number of alkyl halides is 2. The first-order chi connectivity index (χ1) is 7.34. The fraction of sp³-hybridized carbons (Fsp3) is 0.455. The summed E-state index contributed by atoms with van der Waals surface area (Å²) in [7, 11) is 0. The Bertz CT molecular complexity index is 412. The summed E-state index contributed by atoms with van der Waals surface area (Å²) in [6.07, 6.45) is 0. The van der Waals surface area contributed by atoms with Crippen LogP contribution in [0.4, 0.5) is 0 Å². The Morgan fingerprint density at radius 1 is 1.19 bits per heavy atom. The first kappa shape index (κ1) is 12.8. The molecule has 2 unspecified atom stereocenters. The smallest absolute Gasteiger partial charge is 0.134 e. The van der Waals surface area contributed by atoms with E-state index in [1.54, 1.807) is 18.2 Å². The normalized spacial score (nSPS) is 31.5. The molecule has 16 heavy (non-hydrogen) atoms. The van der Waals surface area contributed by atoms with Crippen LogP contribution < -0.4 is 0 Å². The molecule has 1 aromatic carbocycles. The Kier molecular flexibility index (Phi) is 3.14. The molecule has 1 nitrogen and oxygen atoms in total. The lowest BCUT2D eigenvalue weighted by molar-refractivity contribution is 0.265. The van der Waals surface area contributed by atoms with E-state index in [1.807, 2.05) is 6.92 Å². The summed E-state index contributed by atoms with van der Waals surface area (Å²) < 4.78 is -0.963. The van der Waals surface area contributed by atoms with E-state index in [1.165, 1.54) is 0 Å². The molecule has 0 aromatic heterocycles. The molecule has 5 heteroatoms. The minimum absolute atomic E-state index is 0.0619. The molecule has 0 amide bonds. The van der Waals surface area contributed by atoms with E-state index in [2.05, 4.69) is 0 Å². The van der Waals surface area contributed by atoms with Crippen molar-refractivity contribution in [3.63, 3.8) is 0 Å². The molecule has 1 aliphatic rings. The van der Waals surface area contributed by atoms with E-state index in [-0.39, 0.29) is 12.5 Å². The molecule has 1 N–H and O–H groups in total. The molecule has 0 aliphatic heterocycles. The highest BCUT2D eigenvalue weighted by molar-refractivity contribution is 6.52. The van der Waals surface area contributed by atoms with Gasteiger partial charge in [-0.25, -0.2) is 0 Å². The highest BCUT2D eigenvalue weighted by Gasteiger charge is 2.73. The third-order valence-corrected chi connectivity index (χ3v) is 5.14. The second-order valence-corrected chi connectivity index (χ2v) is 6.48. The van der Waals surface area contributed by atoms with Crippen molar-refractivity contribution < 1.29 is 5.11 Å². The molecular weight excluding hydrogens is 290 g/mol. The maximum atomic E-state index is 9.24. The minimum atomic E-state index is -0.963. The number of aliphatic hydroxyl groups is 1. The van der Waals surface area contributed by atoms with Crippen LogP contribution in [0.1, 0.15) is 12.5 Å². The van der Waals surface area contributed by atoms with Crippen molar-refractivity contribution in [2.45, 2.75) is 16.7 Å². The summed E-state index contributed by atoms with van der Waals surface area (Å²) >= 11 is 24.2. The van der Waals surface area contributed by atoms with E-state index < -0.39 is 9.75 Å². The van der Waals surface area contributed by atoms with Crippen LogP contribution in [0, 0.1) is 5.92 Å². The zero-order valence-electron chi connectivity index (χ0n) is 8.48. The summed E-state index contributed by atoms with van der Waals surface area (Å²) in [6, 6.07) is 5.21. The predicted molar refractivity (Wildman–Crippen MR) is 68.8 cm³/mol. The molecule has 1 fully saturated rings. The lowest BCUT2D eigenvalue weighted by Gasteiger charge is -2.13. The highest BCUT2D eigenvalue weighted by Crippen LogP contribution is 2.69. The molecule has 1 saturated carbocycles. The van der Waals surface area contributed by atoms with Gasteiger partial charge in [0.1, 0.15) is 4.33 Å². The molecule has 0 saturated heterocycles. The van der Waals surface area contributed by atoms with Gasteiger partial charge >= 0.3 is 0 Å². The maximum absolute atomic E-state index is 9.24. The molecule has 1 aromatic rings. The van der Waals surface area contributed by atoms with Crippen LogP contribution in [0.2, 0.25) is 10.0 Å². The molecule has 0 bridgehead atoms. The van der Waals surface area contributed by atoms with Gasteiger partial charge in [0.15, 0.2) is 0 Å². The largest absolute Gasteiger partial charge is 0.396 e. The SMILES string of the molecule is CC1(c2cc(Cl)cc(Cl)c2)C(CO)C1(Cl)Cl. The van der Waals surface area contributed by atoms with Crippen LogP contribution in [0.25, 0.3) is 0 Å². The van der Waals surface area contributed by atoms with Gasteiger partial charge in [-0.15, -0.1) is 23.2 Å². The van der Waals surface area contributed by atoms with E-state index >= 15 is 0 Å². The van der Waals surface area contributed by atoms with Crippen molar-refractivity contribution in [3.05, 3.63) is 33.8 Å². The fourth-order valence-corrected chi connectivity index (χ4v) is 3.63. The van der Waals surface area contributed by atoms with E-state index in [0.717, 1.165) is 5.56 Å². The Morgan fingerprint density at radius 2 is 1.69 bits per heavy atom. The van der Waals surface area contributed by atoms with Crippen molar-refractivity contribution in [1.29, 1.82) is 0 Å². The zero-order chi connectivity index (χ0) is 12.1. The lowest BCUT2D eigenvalue weighted by atomic mass is 9.95. The van der Waals surface area contributed by atoms with E-state index in [0.29, 0.717) is 10.0 Å². The summed E-state index contributed by atoms with van der Waals surface area (Å²) in [5.74, 6) is -0.196. The number of benzene rings is 1. The average Bonchev–Trinajstić information content (AvgIpc) is 2.60. The van der Waals surface area contributed by atoms with Crippen molar-refractivity contribution in [2.75, 3.05) is 6.61 Å². The molecule has 1 aliphatic carbocycles. The number of hydrogen-bond acceptors (Lipinski definition) is 1. The third kappa shape index (κ3) is 1.65. The van der Waals surface area contributed by atoms with Gasteiger partial charge in [-0.1, -0.05) is 30.1 Å². The van der Waals surface area contributed by atoms with Crippen LogP contribution in [-0.2, 0) is 5.41 Å². The Hall–Kier alpha value is 0.340. The van der Waals surface area contributed by atoms with Crippen LogP contribution in [-0.4, -0.2) is 16.0 Å².